The zero-order chi connectivity index (χ0) is 13.0. The van der Waals surface area contributed by atoms with Crippen LogP contribution in [0.15, 0.2) is 10.6 Å². The molecule has 4 nitrogen and oxygen atoms in total. The molecule has 0 unspecified atom stereocenters. The lowest BCUT2D eigenvalue weighted by Crippen LogP contribution is -2.20. The first-order valence-electron chi connectivity index (χ1n) is 7.00. The number of nitrogens with zero attached hydrogens (tertiary/aromatic N) is 2. The van der Waals surface area contributed by atoms with E-state index in [9.17, 15) is 0 Å². The maximum absolute atomic E-state index is 5.36. The van der Waals surface area contributed by atoms with Gasteiger partial charge in [-0.1, -0.05) is 19.0 Å². The van der Waals surface area contributed by atoms with Crippen molar-refractivity contribution in [2.45, 2.75) is 52.2 Å². The van der Waals surface area contributed by atoms with E-state index in [1.165, 1.54) is 19.3 Å². The highest BCUT2D eigenvalue weighted by atomic mass is 16.5. The highest BCUT2D eigenvalue weighted by Crippen LogP contribution is 2.19. The molecule has 0 radical (unpaired) electrons. The van der Waals surface area contributed by atoms with Gasteiger partial charge in [0.05, 0.1) is 12.2 Å². The maximum atomic E-state index is 5.36. The third-order valence-electron chi connectivity index (χ3n) is 3.27. The Morgan fingerprint density at radius 2 is 2.28 bits per heavy atom. The first kappa shape index (κ1) is 13.6. The van der Waals surface area contributed by atoms with Crippen molar-refractivity contribution in [3.05, 3.63) is 17.5 Å². The quantitative estimate of drug-likeness (QED) is 0.770. The third kappa shape index (κ3) is 4.78. The highest BCUT2D eigenvalue weighted by Gasteiger charge is 2.20. The van der Waals surface area contributed by atoms with Gasteiger partial charge < -0.3 is 9.84 Å². The summed E-state index contributed by atoms with van der Waals surface area (Å²) in [6.07, 6.45) is 3.84. The zero-order valence-corrected chi connectivity index (χ0v) is 11.8. The van der Waals surface area contributed by atoms with Gasteiger partial charge in [-0.05, 0) is 38.8 Å². The molecule has 0 aliphatic heterocycles. The fourth-order valence-electron chi connectivity index (χ4n) is 1.87. The van der Waals surface area contributed by atoms with E-state index in [0.717, 1.165) is 43.0 Å². The fraction of sp³-hybridized carbons (Fsp3) is 0.786. The van der Waals surface area contributed by atoms with E-state index < -0.39 is 0 Å². The Hall–Kier alpha value is -0.870. The summed E-state index contributed by atoms with van der Waals surface area (Å²) in [7, 11) is 2.13. The Morgan fingerprint density at radius 1 is 1.50 bits per heavy atom. The van der Waals surface area contributed by atoms with Gasteiger partial charge in [-0.3, -0.25) is 4.90 Å². The van der Waals surface area contributed by atoms with E-state index in [1.54, 1.807) is 0 Å². The van der Waals surface area contributed by atoms with Crippen LogP contribution >= 0.6 is 0 Å². The molecule has 0 aromatic carbocycles. The molecule has 102 valence electrons. The molecule has 2 rings (SSSR count). The van der Waals surface area contributed by atoms with E-state index in [-0.39, 0.29) is 0 Å². The molecule has 1 N–H and O–H groups in total. The standard InChI is InChI=1S/C14H25N3O/c1-11(2)6-7-17(3)10-14-8-13(16-18-14)9-15-12-4-5-12/h8,11-12,15H,4-7,9-10H2,1-3H3. The monoisotopic (exact) mass is 251 g/mol. The predicted octanol–water partition coefficient (Wildman–Crippen LogP) is 2.40. The summed E-state index contributed by atoms with van der Waals surface area (Å²) in [5.74, 6) is 1.72. The van der Waals surface area contributed by atoms with Crippen molar-refractivity contribution in [3.8, 4) is 0 Å². The van der Waals surface area contributed by atoms with Crippen molar-refractivity contribution in [1.82, 2.24) is 15.4 Å². The summed E-state index contributed by atoms with van der Waals surface area (Å²) >= 11 is 0. The Kier molecular flexibility index (Phi) is 4.78. The van der Waals surface area contributed by atoms with Gasteiger partial charge in [0.15, 0.2) is 5.76 Å². The van der Waals surface area contributed by atoms with Gasteiger partial charge in [-0.25, -0.2) is 0 Å². The van der Waals surface area contributed by atoms with E-state index in [4.69, 9.17) is 4.52 Å². The molecule has 0 atom stereocenters. The SMILES string of the molecule is CC(C)CCN(C)Cc1cc(CNC2CC2)no1. The molecular formula is C14H25N3O. The molecule has 4 heteroatoms. The molecule has 1 aliphatic carbocycles. The van der Waals surface area contributed by atoms with Crippen LogP contribution in [0.2, 0.25) is 0 Å². The summed E-state index contributed by atoms with van der Waals surface area (Å²) in [6, 6.07) is 2.79. The molecule has 1 saturated carbocycles. The molecule has 18 heavy (non-hydrogen) atoms. The van der Waals surface area contributed by atoms with Gasteiger partial charge in [0.2, 0.25) is 0 Å². The largest absolute Gasteiger partial charge is 0.360 e. The smallest absolute Gasteiger partial charge is 0.151 e. The Labute approximate surface area is 110 Å². The maximum Gasteiger partial charge on any atom is 0.151 e. The molecule has 0 amide bonds. The third-order valence-corrected chi connectivity index (χ3v) is 3.27. The van der Waals surface area contributed by atoms with Crippen molar-refractivity contribution in [1.29, 1.82) is 0 Å². The number of rotatable bonds is 8. The highest BCUT2D eigenvalue weighted by molar-refractivity contribution is 5.05. The summed E-state index contributed by atoms with van der Waals surface area (Å²) in [6.45, 7) is 7.30. The summed E-state index contributed by atoms with van der Waals surface area (Å²) in [5, 5.41) is 7.54. The minimum Gasteiger partial charge on any atom is -0.360 e. The Bertz CT molecular complexity index is 358. The first-order chi connectivity index (χ1) is 8.63. The van der Waals surface area contributed by atoms with Crippen molar-refractivity contribution >= 4 is 0 Å². The van der Waals surface area contributed by atoms with Crippen LogP contribution < -0.4 is 5.32 Å². The van der Waals surface area contributed by atoms with Crippen LogP contribution in [-0.2, 0) is 13.1 Å². The van der Waals surface area contributed by atoms with E-state index >= 15 is 0 Å². The molecular weight excluding hydrogens is 226 g/mol. The Balaban J connectivity index is 1.71. The second kappa shape index (κ2) is 6.34. The number of nitrogens with one attached hydrogen (secondary N) is 1. The Morgan fingerprint density at radius 3 is 2.94 bits per heavy atom. The topological polar surface area (TPSA) is 41.3 Å². The summed E-state index contributed by atoms with van der Waals surface area (Å²) in [4.78, 5) is 2.29. The summed E-state index contributed by atoms with van der Waals surface area (Å²) < 4.78 is 5.36. The van der Waals surface area contributed by atoms with Crippen molar-refractivity contribution in [3.63, 3.8) is 0 Å². The van der Waals surface area contributed by atoms with Gasteiger partial charge in [0.1, 0.15) is 0 Å². The minimum atomic E-state index is 0.721. The molecule has 1 heterocycles. The van der Waals surface area contributed by atoms with Gasteiger partial charge in [-0.2, -0.15) is 0 Å². The van der Waals surface area contributed by atoms with Gasteiger partial charge in [-0.15, -0.1) is 0 Å². The van der Waals surface area contributed by atoms with Crippen molar-refractivity contribution < 1.29 is 4.52 Å². The molecule has 1 fully saturated rings. The second-order valence-corrected chi connectivity index (χ2v) is 5.86. The number of hydrogen-bond donors (Lipinski definition) is 1. The van der Waals surface area contributed by atoms with Crippen molar-refractivity contribution in [2.24, 2.45) is 5.92 Å². The van der Waals surface area contributed by atoms with Crippen LogP contribution in [0.4, 0.5) is 0 Å². The number of hydrogen-bond acceptors (Lipinski definition) is 4. The zero-order valence-electron chi connectivity index (χ0n) is 11.8. The number of aromatic nitrogens is 1. The average Bonchev–Trinajstić information content (AvgIpc) is 3.05. The van der Waals surface area contributed by atoms with E-state index in [1.807, 2.05) is 0 Å². The van der Waals surface area contributed by atoms with Crippen LogP contribution in [0.25, 0.3) is 0 Å². The summed E-state index contributed by atoms with van der Waals surface area (Å²) in [5.41, 5.74) is 1.02. The molecule has 0 bridgehead atoms. The lowest BCUT2D eigenvalue weighted by Gasteiger charge is -2.15. The average molecular weight is 251 g/mol. The first-order valence-corrected chi connectivity index (χ1v) is 7.00. The van der Waals surface area contributed by atoms with Crippen LogP contribution in [-0.4, -0.2) is 29.7 Å². The molecule has 0 spiro atoms. The van der Waals surface area contributed by atoms with E-state index in [0.29, 0.717) is 0 Å². The van der Waals surface area contributed by atoms with Crippen LogP contribution in [0.3, 0.4) is 0 Å². The minimum absolute atomic E-state index is 0.721. The van der Waals surface area contributed by atoms with Crippen molar-refractivity contribution in [2.75, 3.05) is 13.6 Å². The van der Waals surface area contributed by atoms with Crippen LogP contribution in [0.5, 0.6) is 0 Å². The second-order valence-electron chi connectivity index (χ2n) is 5.86. The molecule has 1 aliphatic rings. The molecule has 1 aromatic rings. The van der Waals surface area contributed by atoms with Gasteiger partial charge in [0, 0.05) is 18.7 Å². The normalized spacial score (nSPS) is 15.8. The fourth-order valence-corrected chi connectivity index (χ4v) is 1.87. The predicted molar refractivity (Wildman–Crippen MR) is 72.2 cm³/mol. The van der Waals surface area contributed by atoms with Gasteiger partial charge in [0.25, 0.3) is 0 Å². The lowest BCUT2D eigenvalue weighted by atomic mass is 10.1. The van der Waals surface area contributed by atoms with E-state index in [2.05, 4.69) is 42.3 Å². The lowest BCUT2D eigenvalue weighted by molar-refractivity contribution is 0.259. The molecule has 1 aromatic heterocycles. The van der Waals surface area contributed by atoms with Gasteiger partial charge >= 0.3 is 0 Å². The van der Waals surface area contributed by atoms with Crippen LogP contribution in [0.1, 0.15) is 44.6 Å². The van der Waals surface area contributed by atoms with Crippen LogP contribution in [0, 0.1) is 5.92 Å². The molecule has 0 saturated heterocycles.